The van der Waals surface area contributed by atoms with E-state index >= 15 is 0 Å². The highest BCUT2D eigenvalue weighted by atomic mass is 16.6. The quantitative estimate of drug-likeness (QED) is 0.891. The van der Waals surface area contributed by atoms with Gasteiger partial charge >= 0.3 is 6.09 Å². The van der Waals surface area contributed by atoms with E-state index in [2.05, 4.69) is 11.4 Å². The number of nitrogens with zero attached hydrogens (tertiary/aromatic N) is 1. The number of carbonyl (C=O) groups is 1. The summed E-state index contributed by atoms with van der Waals surface area (Å²) in [6.45, 7) is 7.19. The van der Waals surface area contributed by atoms with Gasteiger partial charge in [-0.1, -0.05) is 12.1 Å². The van der Waals surface area contributed by atoms with E-state index in [1.54, 1.807) is 4.90 Å². The average molecular weight is 262 g/mol. The van der Waals surface area contributed by atoms with Crippen LogP contribution in [0.3, 0.4) is 0 Å². The predicted molar refractivity (Wildman–Crippen MR) is 76.5 cm³/mol. The van der Waals surface area contributed by atoms with Gasteiger partial charge in [0.25, 0.3) is 0 Å². The molecule has 0 spiro atoms. The summed E-state index contributed by atoms with van der Waals surface area (Å²) in [6, 6.07) is 6.09. The zero-order chi connectivity index (χ0) is 14.0. The Balaban J connectivity index is 2.22. The summed E-state index contributed by atoms with van der Waals surface area (Å²) in [5, 5.41) is 3.16. The number of hydrogen-bond donors (Lipinski definition) is 1. The fourth-order valence-corrected chi connectivity index (χ4v) is 2.37. The molecule has 0 bridgehead atoms. The maximum atomic E-state index is 12.2. The minimum atomic E-state index is -0.456. The van der Waals surface area contributed by atoms with E-state index in [9.17, 15) is 4.79 Å². The zero-order valence-electron chi connectivity index (χ0n) is 12.1. The molecule has 1 aliphatic heterocycles. The largest absolute Gasteiger partial charge is 0.443 e. The van der Waals surface area contributed by atoms with Crippen LogP contribution in [0.1, 0.15) is 31.9 Å². The van der Waals surface area contributed by atoms with Crippen molar-refractivity contribution in [2.75, 3.05) is 18.5 Å². The number of nitrogens with one attached hydrogen (secondary N) is 1. The molecule has 4 heteroatoms. The molecule has 4 nitrogen and oxygen atoms in total. The number of rotatable bonds is 2. The van der Waals surface area contributed by atoms with Crippen molar-refractivity contribution in [2.24, 2.45) is 0 Å². The van der Waals surface area contributed by atoms with E-state index < -0.39 is 5.60 Å². The molecule has 0 atom stereocenters. The van der Waals surface area contributed by atoms with Gasteiger partial charge in [-0.25, -0.2) is 4.79 Å². The normalized spacial score (nSPS) is 14.4. The van der Waals surface area contributed by atoms with E-state index in [-0.39, 0.29) is 6.09 Å². The van der Waals surface area contributed by atoms with Crippen LogP contribution in [-0.2, 0) is 17.7 Å². The van der Waals surface area contributed by atoms with Gasteiger partial charge in [-0.2, -0.15) is 0 Å². The lowest BCUT2D eigenvalue weighted by atomic mass is 10.1. The monoisotopic (exact) mass is 262 g/mol. The van der Waals surface area contributed by atoms with Gasteiger partial charge in [0.1, 0.15) is 5.60 Å². The number of benzene rings is 1. The van der Waals surface area contributed by atoms with Gasteiger partial charge in [0.15, 0.2) is 0 Å². The molecular weight excluding hydrogens is 240 g/mol. The van der Waals surface area contributed by atoms with Crippen LogP contribution in [0.15, 0.2) is 18.2 Å². The highest BCUT2D eigenvalue weighted by molar-refractivity contribution is 5.90. The maximum Gasteiger partial charge on any atom is 0.414 e. The van der Waals surface area contributed by atoms with Gasteiger partial charge in [0, 0.05) is 13.1 Å². The Morgan fingerprint density at radius 3 is 2.79 bits per heavy atom. The predicted octanol–water partition coefficient (Wildman–Crippen LogP) is 2.70. The Bertz CT molecular complexity index is 478. The third-order valence-electron chi connectivity index (χ3n) is 3.11. The van der Waals surface area contributed by atoms with Crippen molar-refractivity contribution in [3.63, 3.8) is 0 Å². The molecule has 104 valence electrons. The topological polar surface area (TPSA) is 41.6 Å². The number of anilines is 1. The molecule has 1 aromatic carbocycles. The Hall–Kier alpha value is -1.55. The van der Waals surface area contributed by atoms with Crippen LogP contribution in [-0.4, -0.2) is 25.3 Å². The molecule has 0 radical (unpaired) electrons. The first-order valence-electron chi connectivity index (χ1n) is 6.68. The van der Waals surface area contributed by atoms with Crippen LogP contribution in [0.5, 0.6) is 0 Å². The second-order valence-electron chi connectivity index (χ2n) is 5.83. The Labute approximate surface area is 114 Å². The molecule has 1 N–H and O–H groups in total. The first-order chi connectivity index (χ1) is 8.92. The first kappa shape index (κ1) is 13.9. The highest BCUT2D eigenvalue weighted by Gasteiger charge is 2.29. The number of hydrogen-bond acceptors (Lipinski definition) is 3. The third kappa shape index (κ3) is 3.07. The summed E-state index contributed by atoms with van der Waals surface area (Å²) in [5.74, 6) is 0. The minimum Gasteiger partial charge on any atom is -0.443 e. The van der Waals surface area contributed by atoms with Gasteiger partial charge in [0.2, 0.25) is 0 Å². The molecule has 1 amide bonds. The summed E-state index contributed by atoms with van der Waals surface area (Å²) in [6.07, 6.45) is 0.639. The summed E-state index contributed by atoms with van der Waals surface area (Å²) in [5.41, 5.74) is 3.04. The van der Waals surface area contributed by atoms with Crippen LogP contribution in [0.2, 0.25) is 0 Å². The Morgan fingerprint density at radius 1 is 1.42 bits per heavy atom. The van der Waals surface area contributed by atoms with Crippen molar-refractivity contribution >= 4 is 11.8 Å². The fraction of sp³-hybridized carbons (Fsp3) is 0.533. The van der Waals surface area contributed by atoms with Crippen LogP contribution in [0, 0.1) is 0 Å². The van der Waals surface area contributed by atoms with Crippen molar-refractivity contribution in [1.29, 1.82) is 0 Å². The summed E-state index contributed by atoms with van der Waals surface area (Å²) in [7, 11) is 1.93. The molecule has 0 aliphatic carbocycles. The Kier molecular flexibility index (Phi) is 3.80. The van der Waals surface area contributed by atoms with E-state index in [1.165, 1.54) is 11.1 Å². The minimum absolute atomic E-state index is 0.257. The Morgan fingerprint density at radius 2 is 2.16 bits per heavy atom. The van der Waals surface area contributed by atoms with Crippen LogP contribution in [0.25, 0.3) is 0 Å². The van der Waals surface area contributed by atoms with Crippen molar-refractivity contribution in [3.05, 3.63) is 29.3 Å². The molecule has 1 heterocycles. The molecular formula is C15H22N2O2. The fourth-order valence-electron chi connectivity index (χ4n) is 2.37. The summed E-state index contributed by atoms with van der Waals surface area (Å²) in [4.78, 5) is 13.9. The molecule has 0 unspecified atom stereocenters. The van der Waals surface area contributed by atoms with Crippen molar-refractivity contribution in [3.8, 4) is 0 Å². The van der Waals surface area contributed by atoms with Crippen molar-refractivity contribution in [1.82, 2.24) is 5.32 Å². The van der Waals surface area contributed by atoms with E-state index in [1.807, 2.05) is 40.0 Å². The lowest BCUT2D eigenvalue weighted by molar-refractivity contribution is 0.0584. The lowest BCUT2D eigenvalue weighted by Gasteiger charge is -2.24. The maximum absolute atomic E-state index is 12.2. The molecule has 0 fully saturated rings. The highest BCUT2D eigenvalue weighted by Crippen LogP contribution is 2.31. The third-order valence-corrected chi connectivity index (χ3v) is 3.11. The molecule has 19 heavy (non-hydrogen) atoms. The number of ether oxygens (including phenoxy) is 1. The van der Waals surface area contributed by atoms with Gasteiger partial charge in [-0.15, -0.1) is 0 Å². The van der Waals surface area contributed by atoms with E-state index in [4.69, 9.17) is 4.74 Å². The first-order valence-corrected chi connectivity index (χ1v) is 6.68. The van der Waals surface area contributed by atoms with Gasteiger partial charge < -0.3 is 10.1 Å². The second kappa shape index (κ2) is 5.21. The molecule has 0 saturated carbocycles. The number of carbonyl (C=O) groups excluding carboxylic acids is 1. The standard InChI is InChI=1S/C15H22N2O2/c1-15(2,3)19-14(18)17-9-8-12-11(10-16-4)6-5-7-13(12)17/h5-7,16H,8-10H2,1-4H3. The summed E-state index contributed by atoms with van der Waals surface area (Å²) < 4.78 is 5.45. The summed E-state index contributed by atoms with van der Waals surface area (Å²) >= 11 is 0. The van der Waals surface area contributed by atoms with Crippen LogP contribution in [0.4, 0.5) is 10.5 Å². The molecule has 0 aromatic heterocycles. The van der Waals surface area contributed by atoms with E-state index in [0.29, 0.717) is 6.54 Å². The molecule has 2 rings (SSSR count). The number of amides is 1. The number of fused-ring (bicyclic) bond motifs is 1. The van der Waals surface area contributed by atoms with Gasteiger partial charge in [0.05, 0.1) is 5.69 Å². The SMILES string of the molecule is CNCc1cccc2c1CCN2C(=O)OC(C)(C)C. The second-order valence-corrected chi connectivity index (χ2v) is 5.83. The molecule has 1 aliphatic rings. The van der Waals surface area contributed by atoms with Crippen molar-refractivity contribution in [2.45, 2.75) is 39.3 Å². The van der Waals surface area contributed by atoms with E-state index in [0.717, 1.165) is 18.7 Å². The smallest absolute Gasteiger partial charge is 0.414 e. The van der Waals surface area contributed by atoms with Crippen LogP contribution >= 0.6 is 0 Å². The zero-order valence-corrected chi connectivity index (χ0v) is 12.1. The van der Waals surface area contributed by atoms with Gasteiger partial charge in [-0.3, -0.25) is 4.90 Å². The molecule has 0 saturated heterocycles. The average Bonchev–Trinajstić information content (AvgIpc) is 2.72. The van der Waals surface area contributed by atoms with Crippen LogP contribution < -0.4 is 10.2 Å². The molecule has 1 aromatic rings. The van der Waals surface area contributed by atoms with Crippen molar-refractivity contribution < 1.29 is 9.53 Å². The lowest BCUT2D eigenvalue weighted by Crippen LogP contribution is -2.35. The van der Waals surface area contributed by atoms with Gasteiger partial charge in [-0.05, 0) is 51.4 Å².